The first-order chi connectivity index (χ1) is 12.1. The van der Waals surface area contributed by atoms with E-state index < -0.39 is 8.32 Å². The van der Waals surface area contributed by atoms with Gasteiger partial charge in [-0.05, 0) is 42.4 Å². The average molecular weight is 410 g/mol. The molecule has 1 aliphatic rings. The minimum atomic E-state index is -1.74. The van der Waals surface area contributed by atoms with E-state index in [0.717, 1.165) is 4.91 Å². The number of hydrogen-bond acceptors (Lipinski definition) is 5. The number of phenolic OH excluding ortho intramolecular Hbond substituents is 1. The Balaban J connectivity index is 1.87. The molecule has 0 aromatic heterocycles. The lowest BCUT2D eigenvalue weighted by atomic mass is 10.2. The molecule has 0 radical (unpaired) electrons. The summed E-state index contributed by atoms with van der Waals surface area (Å²) in [5, 5.41) is 12.8. The number of amides is 1. The summed E-state index contributed by atoms with van der Waals surface area (Å²) in [7, 11) is 1.57. The largest absolute Gasteiger partial charge is 0.507 e. The fraction of sp³-hybridized carbons (Fsp3) is 0.421. The molecule has 2 rings (SSSR count). The van der Waals surface area contributed by atoms with Crippen LogP contribution in [-0.4, -0.2) is 32.5 Å². The number of carbonyl (C=O) groups excluding carboxylic acids is 1. The van der Waals surface area contributed by atoms with Crippen LogP contribution >= 0.6 is 21.6 Å². The maximum Gasteiger partial charge on any atom is 0.255 e. The Kier molecular flexibility index (Phi) is 7.07. The number of phenols is 1. The molecule has 0 saturated carbocycles. The Bertz CT molecular complexity index is 724. The Hall–Kier alpha value is -1.15. The van der Waals surface area contributed by atoms with Crippen LogP contribution in [0.15, 0.2) is 46.2 Å². The lowest BCUT2D eigenvalue weighted by Crippen LogP contribution is -2.41. The smallest absolute Gasteiger partial charge is 0.255 e. The highest BCUT2D eigenvalue weighted by Gasteiger charge is 2.37. The molecule has 26 heavy (non-hydrogen) atoms. The van der Waals surface area contributed by atoms with E-state index in [-0.39, 0.29) is 16.7 Å². The minimum absolute atomic E-state index is 0.00499. The SMILES string of the molecule is CC(C)(C)[Si](C)(C)OCC1=CC=C(CNC(=O)c2ccccc2O)SS1. The van der Waals surface area contributed by atoms with Gasteiger partial charge in [0.2, 0.25) is 0 Å². The zero-order valence-corrected chi connectivity index (χ0v) is 18.6. The molecule has 4 nitrogen and oxygen atoms in total. The molecule has 7 heteroatoms. The lowest BCUT2D eigenvalue weighted by molar-refractivity contribution is 0.0955. The van der Waals surface area contributed by atoms with Gasteiger partial charge in [-0.25, -0.2) is 0 Å². The van der Waals surface area contributed by atoms with E-state index in [4.69, 9.17) is 4.43 Å². The molecule has 0 fully saturated rings. The van der Waals surface area contributed by atoms with Gasteiger partial charge in [0, 0.05) is 16.4 Å². The standard InChI is InChI=1S/C19H27NO3S2Si/c1-19(2,3)26(4,5)23-13-15-11-10-14(24-25-15)12-20-18(22)16-8-6-7-9-17(16)21/h6-11,21H,12-13H2,1-5H3,(H,20,22). The number of nitrogens with one attached hydrogen (secondary N) is 1. The van der Waals surface area contributed by atoms with Crippen LogP contribution in [0.4, 0.5) is 0 Å². The summed E-state index contributed by atoms with van der Waals surface area (Å²) in [4.78, 5) is 14.4. The van der Waals surface area contributed by atoms with Gasteiger partial charge < -0.3 is 14.8 Å². The normalized spacial score (nSPS) is 15.3. The van der Waals surface area contributed by atoms with Crippen LogP contribution in [0.25, 0.3) is 0 Å². The third-order valence-electron chi connectivity index (χ3n) is 4.66. The summed E-state index contributed by atoms with van der Waals surface area (Å²) < 4.78 is 6.25. The van der Waals surface area contributed by atoms with E-state index in [2.05, 4.69) is 45.3 Å². The third kappa shape index (κ3) is 5.67. The average Bonchev–Trinajstić information content (AvgIpc) is 2.58. The van der Waals surface area contributed by atoms with Crippen molar-refractivity contribution in [1.29, 1.82) is 0 Å². The van der Waals surface area contributed by atoms with Gasteiger partial charge in [-0.2, -0.15) is 0 Å². The molecule has 2 N–H and O–H groups in total. The van der Waals surface area contributed by atoms with Crippen molar-refractivity contribution < 1.29 is 14.3 Å². The highest BCUT2D eigenvalue weighted by Crippen LogP contribution is 2.42. The van der Waals surface area contributed by atoms with Crippen molar-refractivity contribution in [2.24, 2.45) is 0 Å². The van der Waals surface area contributed by atoms with Crippen molar-refractivity contribution in [3.8, 4) is 5.75 Å². The zero-order chi connectivity index (χ0) is 19.4. The molecular formula is C19H27NO3S2Si. The topological polar surface area (TPSA) is 58.6 Å². The van der Waals surface area contributed by atoms with Gasteiger partial charge in [0.05, 0.1) is 12.2 Å². The van der Waals surface area contributed by atoms with Gasteiger partial charge >= 0.3 is 0 Å². The number of hydrogen-bond donors (Lipinski definition) is 2. The van der Waals surface area contributed by atoms with E-state index in [1.54, 1.807) is 39.8 Å². The molecule has 0 aliphatic carbocycles. The lowest BCUT2D eigenvalue weighted by Gasteiger charge is -2.36. The molecule has 142 valence electrons. The number of allylic oxidation sites excluding steroid dienone is 2. The van der Waals surface area contributed by atoms with Gasteiger partial charge in [0.25, 0.3) is 5.91 Å². The second-order valence-corrected chi connectivity index (χ2v) is 14.9. The fourth-order valence-electron chi connectivity index (χ4n) is 1.91. The molecule has 0 spiro atoms. The van der Waals surface area contributed by atoms with Crippen LogP contribution in [0.1, 0.15) is 31.1 Å². The highest BCUT2D eigenvalue weighted by molar-refractivity contribution is 8.79. The van der Waals surface area contributed by atoms with Gasteiger partial charge in [-0.15, -0.1) is 0 Å². The van der Waals surface area contributed by atoms with E-state index in [1.807, 2.05) is 6.08 Å². The number of carbonyl (C=O) groups is 1. The number of benzene rings is 1. The van der Waals surface area contributed by atoms with Crippen molar-refractivity contribution >= 4 is 35.8 Å². The molecule has 1 aromatic rings. The van der Waals surface area contributed by atoms with Crippen LogP contribution < -0.4 is 5.32 Å². The Morgan fingerprint density at radius 1 is 1.15 bits per heavy atom. The molecule has 0 atom stereocenters. The van der Waals surface area contributed by atoms with Gasteiger partial charge in [-0.3, -0.25) is 4.79 Å². The number of para-hydroxylation sites is 1. The zero-order valence-electron chi connectivity index (χ0n) is 16.0. The Morgan fingerprint density at radius 2 is 1.77 bits per heavy atom. The fourth-order valence-corrected chi connectivity index (χ4v) is 4.96. The molecule has 1 heterocycles. The summed E-state index contributed by atoms with van der Waals surface area (Å²) in [6.45, 7) is 12.3. The van der Waals surface area contributed by atoms with Crippen molar-refractivity contribution in [2.75, 3.05) is 13.2 Å². The minimum Gasteiger partial charge on any atom is -0.507 e. The quantitative estimate of drug-likeness (QED) is 0.493. The molecule has 1 aromatic carbocycles. The van der Waals surface area contributed by atoms with E-state index in [9.17, 15) is 9.90 Å². The van der Waals surface area contributed by atoms with E-state index >= 15 is 0 Å². The number of aromatic hydroxyl groups is 1. The molecule has 1 amide bonds. The predicted molar refractivity (Wildman–Crippen MR) is 115 cm³/mol. The van der Waals surface area contributed by atoms with E-state index in [1.165, 1.54) is 11.0 Å². The summed E-state index contributed by atoms with van der Waals surface area (Å²) >= 11 is 0. The molecule has 1 aliphatic heterocycles. The van der Waals surface area contributed by atoms with Crippen LogP contribution in [0.3, 0.4) is 0 Å². The molecule has 0 bridgehead atoms. The number of rotatable bonds is 6. The highest BCUT2D eigenvalue weighted by atomic mass is 33.1. The predicted octanol–water partition coefficient (Wildman–Crippen LogP) is 5.31. The summed E-state index contributed by atoms with van der Waals surface area (Å²) in [6, 6.07) is 6.55. The molecular weight excluding hydrogens is 382 g/mol. The summed E-state index contributed by atoms with van der Waals surface area (Å²) in [5.41, 5.74) is 0.292. The van der Waals surface area contributed by atoms with Crippen molar-refractivity contribution in [2.45, 2.75) is 38.9 Å². The first kappa shape index (κ1) is 21.2. The second kappa shape index (κ2) is 8.69. The first-order valence-corrected chi connectivity index (χ1v) is 13.6. The van der Waals surface area contributed by atoms with Crippen LogP contribution in [0, 0.1) is 0 Å². The third-order valence-corrected chi connectivity index (χ3v) is 11.7. The summed E-state index contributed by atoms with van der Waals surface area (Å²) in [5.74, 6) is -0.278. The Labute approximate surface area is 165 Å². The van der Waals surface area contributed by atoms with Crippen molar-refractivity contribution in [3.05, 3.63) is 51.8 Å². The van der Waals surface area contributed by atoms with Crippen LogP contribution in [0.2, 0.25) is 18.1 Å². The molecule has 0 unspecified atom stereocenters. The first-order valence-electron chi connectivity index (χ1n) is 8.54. The van der Waals surface area contributed by atoms with Gasteiger partial charge in [0.15, 0.2) is 8.32 Å². The Morgan fingerprint density at radius 3 is 2.35 bits per heavy atom. The second-order valence-electron chi connectivity index (χ2n) is 7.68. The maximum atomic E-state index is 12.1. The van der Waals surface area contributed by atoms with E-state index in [0.29, 0.717) is 18.7 Å². The van der Waals surface area contributed by atoms with Crippen LogP contribution in [-0.2, 0) is 4.43 Å². The van der Waals surface area contributed by atoms with Crippen LogP contribution in [0.5, 0.6) is 5.75 Å². The maximum absolute atomic E-state index is 12.1. The molecule has 0 saturated heterocycles. The van der Waals surface area contributed by atoms with Crippen molar-refractivity contribution in [1.82, 2.24) is 5.32 Å². The van der Waals surface area contributed by atoms with Crippen molar-refractivity contribution in [3.63, 3.8) is 0 Å². The monoisotopic (exact) mass is 409 g/mol. The van der Waals surface area contributed by atoms with Gasteiger partial charge in [-0.1, -0.05) is 54.5 Å². The summed E-state index contributed by atoms with van der Waals surface area (Å²) in [6.07, 6.45) is 4.09. The van der Waals surface area contributed by atoms with Gasteiger partial charge in [0.1, 0.15) is 5.75 Å².